The highest BCUT2D eigenvalue weighted by atomic mass is 19.1. The molecule has 7 heteroatoms. The Morgan fingerprint density at radius 3 is 2.26 bits per heavy atom. The molecule has 1 aromatic carbocycles. The highest BCUT2D eigenvalue weighted by Crippen LogP contribution is 2.47. The van der Waals surface area contributed by atoms with Gasteiger partial charge in [0.15, 0.2) is 5.82 Å². The highest BCUT2D eigenvalue weighted by Gasteiger charge is 2.38. The monoisotopic (exact) mass is 429 g/mol. The minimum Gasteiger partial charge on any atom is -0.393 e. The fraction of sp³-hybridized carbons (Fsp3) is 0.583. The average Bonchev–Trinajstić information content (AvgIpc) is 3.54. The molecular weight excluding hydrogens is 400 g/mol. The summed E-state index contributed by atoms with van der Waals surface area (Å²) in [5.41, 5.74) is 8.45. The molecule has 0 radical (unpaired) electrons. The molecule has 6 rings (SSSR count). The Morgan fingerprint density at radius 2 is 1.65 bits per heavy atom. The van der Waals surface area contributed by atoms with Crippen LogP contribution < -0.4 is 5.73 Å². The molecule has 4 aliphatic rings. The molecule has 2 saturated carbocycles. The number of benzene rings is 1. The largest absolute Gasteiger partial charge is 0.393 e. The molecule has 3 N–H and O–H groups in total. The Labute approximate surface area is 181 Å². The van der Waals surface area contributed by atoms with Crippen molar-refractivity contribution in [2.45, 2.75) is 88.4 Å². The van der Waals surface area contributed by atoms with Crippen molar-refractivity contribution in [2.24, 2.45) is 0 Å². The number of halogens is 2. The molecule has 1 aromatic heterocycles. The third-order valence-corrected chi connectivity index (χ3v) is 6.93. The Morgan fingerprint density at radius 1 is 0.935 bits per heavy atom. The van der Waals surface area contributed by atoms with E-state index in [1.807, 2.05) is 0 Å². The zero-order chi connectivity index (χ0) is 21.5. The predicted molar refractivity (Wildman–Crippen MR) is 113 cm³/mol. The summed E-state index contributed by atoms with van der Waals surface area (Å²) in [6.07, 6.45) is 10.2. The minimum atomic E-state index is -0.572. The Hall–Kier alpha value is -2.12. The van der Waals surface area contributed by atoms with Crippen molar-refractivity contribution in [3.05, 3.63) is 40.5 Å². The molecule has 3 fully saturated rings. The van der Waals surface area contributed by atoms with Gasteiger partial charge < -0.3 is 15.6 Å². The topological polar surface area (TPSA) is 81.3 Å². The van der Waals surface area contributed by atoms with Crippen LogP contribution in [0.15, 0.2) is 12.1 Å². The molecule has 2 aromatic rings. The summed E-state index contributed by atoms with van der Waals surface area (Å²) >= 11 is 0. The second-order valence-electron chi connectivity index (χ2n) is 9.28. The molecule has 5 nitrogen and oxygen atoms in total. The molecule has 31 heavy (non-hydrogen) atoms. The summed E-state index contributed by atoms with van der Waals surface area (Å²) in [5, 5.41) is 16.9. The van der Waals surface area contributed by atoms with Crippen molar-refractivity contribution in [3.63, 3.8) is 0 Å². The van der Waals surface area contributed by atoms with E-state index in [0.717, 1.165) is 55.2 Å². The molecule has 0 spiro atoms. The number of aromatic nitrogens is 2. The van der Waals surface area contributed by atoms with Gasteiger partial charge in [0, 0.05) is 12.0 Å². The van der Waals surface area contributed by atoms with Gasteiger partial charge in [0.2, 0.25) is 0 Å². The Balaban J connectivity index is 0.000000250. The number of ether oxygens (including phenoxy) is 1. The van der Waals surface area contributed by atoms with Crippen molar-refractivity contribution < 1.29 is 18.6 Å². The van der Waals surface area contributed by atoms with Crippen molar-refractivity contribution in [2.75, 3.05) is 5.73 Å². The molecule has 0 amide bonds. The molecule has 2 aliphatic carbocycles. The maximum absolute atomic E-state index is 14.7. The van der Waals surface area contributed by atoms with Gasteiger partial charge in [-0.15, -0.1) is 10.2 Å². The summed E-state index contributed by atoms with van der Waals surface area (Å²) < 4.78 is 35.3. The van der Waals surface area contributed by atoms with Crippen LogP contribution in [0.3, 0.4) is 0 Å². The van der Waals surface area contributed by atoms with E-state index < -0.39 is 11.6 Å². The lowest BCUT2D eigenvalue weighted by molar-refractivity contribution is 0.0326. The zero-order valence-electron chi connectivity index (χ0n) is 17.6. The molecule has 166 valence electrons. The van der Waals surface area contributed by atoms with Gasteiger partial charge in [-0.3, -0.25) is 0 Å². The van der Waals surface area contributed by atoms with Gasteiger partial charge in [0.1, 0.15) is 17.3 Å². The molecule has 2 bridgehead atoms. The molecule has 2 aliphatic heterocycles. The number of hydrogen-bond donors (Lipinski definition) is 2. The summed E-state index contributed by atoms with van der Waals surface area (Å²) in [6.45, 7) is 0. The van der Waals surface area contributed by atoms with Crippen LogP contribution in [0.25, 0.3) is 11.3 Å². The second kappa shape index (κ2) is 8.43. The van der Waals surface area contributed by atoms with Crippen LogP contribution in [0.2, 0.25) is 0 Å². The normalized spacial score (nSPS) is 25.0. The van der Waals surface area contributed by atoms with Gasteiger partial charge in [-0.05, 0) is 67.7 Å². The van der Waals surface area contributed by atoms with Gasteiger partial charge in [0.05, 0.1) is 23.9 Å². The lowest BCUT2D eigenvalue weighted by Gasteiger charge is -2.26. The Bertz CT molecular complexity index is 951. The maximum Gasteiger partial charge on any atom is 0.152 e. The molecular formula is C24H29F2N3O2. The van der Waals surface area contributed by atoms with Crippen LogP contribution in [0.5, 0.6) is 0 Å². The standard InChI is InChI=1S/C18H17F2N3O.C6H12O/c19-12-5-9(8-1-2-8)6-13(20)16(12)17-11-7-10-3-4-14(24-10)15(11)18(21)23-22-17;7-6-4-2-1-3-5-6/h5-6,8,10,14H,1-4,7H2,(H2,21,23);6-7H,1-5H2/t10?,14-;/m1./s1. The van der Waals surface area contributed by atoms with Crippen LogP contribution >= 0.6 is 0 Å². The van der Waals surface area contributed by atoms with Gasteiger partial charge in [-0.25, -0.2) is 8.78 Å². The van der Waals surface area contributed by atoms with Gasteiger partial charge in [-0.1, -0.05) is 19.3 Å². The zero-order valence-corrected chi connectivity index (χ0v) is 17.6. The fourth-order valence-corrected chi connectivity index (χ4v) is 5.12. The van der Waals surface area contributed by atoms with Crippen molar-refractivity contribution in [1.82, 2.24) is 10.2 Å². The summed E-state index contributed by atoms with van der Waals surface area (Å²) in [5.74, 6) is -0.553. The van der Waals surface area contributed by atoms with Gasteiger partial charge in [-0.2, -0.15) is 0 Å². The van der Waals surface area contributed by atoms with Gasteiger partial charge in [0.25, 0.3) is 0 Å². The summed E-state index contributed by atoms with van der Waals surface area (Å²) in [6, 6.07) is 2.88. The first-order chi connectivity index (χ1) is 15.0. The first-order valence-electron chi connectivity index (χ1n) is 11.5. The summed E-state index contributed by atoms with van der Waals surface area (Å²) in [7, 11) is 0. The number of anilines is 1. The number of hydrogen-bond acceptors (Lipinski definition) is 5. The lowest BCUT2D eigenvalue weighted by Crippen LogP contribution is -2.22. The van der Waals surface area contributed by atoms with E-state index in [4.69, 9.17) is 15.6 Å². The molecule has 1 saturated heterocycles. The van der Waals surface area contributed by atoms with E-state index in [2.05, 4.69) is 10.2 Å². The number of nitrogens with zero attached hydrogens (tertiary/aromatic N) is 2. The van der Waals surface area contributed by atoms with E-state index in [1.165, 1.54) is 31.4 Å². The fourth-order valence-electron chi connectivity index (χ4n) is 5.12. The van der Waals surface area contributed by atoms with Gasteiger partial charge >= 0.3 is 0 Å². The van der Waals surface area contributed by atoms with Crippen molar-refractivity contribution in [3.8, 4) is 11.3 Å². The molecule has 2 atom stereocenters. The van der Waals surface area contributed by atoms with Crippen molar-refractivity contribution >= 4 is 5.82 Å². The maximum atomic E-state index is 14.7. The van der Waals surface area contributed by atoms with E-state index in [0.29, 0.717) is 18.2 Å². The van der Waals surface area contributed by atoms with Crippen LogP contribution in [-0.4, -0.2) is 27.5 Å². The second-order valence-corrected chi connectivity index (χ2v) is 9.28. The third-order valence-electron chi connectivity index (χ3n) is 6.93. The number of nitrogens with two attached hydrogens (primary N) is 1. The third kappa shape index (κ3) is 4.17. The van der Waals surface area contributed by atoms with Crippen LogP contribution in [-0.2, 0) is 11.2 Å². The molecule has 1 unspecified atom stereocenters. The minimum absolute atomic E-state index is 0.0359. The molecule has 3 heterocycles. The van der Waals surface area contributed by atoms with E-state index in [1.54, 1.807) is 0 Å². The number of rotatable bonds is 2. The van der Waals surface area contributed by atoms with E-state index in [-0.39, 0.29) is 29.6 Å². The van der Waals surface area contributed by atoms with E-state index in [9.17, 15) is 8.78 Å². The lowest BCUT2D eigenvalue weighted by atomic mass is 9.93. The number of aliphatic hydroxyl groups excluding tert-OH is 1. The highest BCUT2D eigenvalue weighted by molar-refractivity contribution is 5.69. The van der Waals surface area contributed by atoms with E-state index >= 15 is 0 Å². The number of nitrogen functional groups attached to an aromatic ring is 1. The SMILES string of the molecule is Nc1nnc(-c2c(F)cc(C3CC3)cc2F)c2c1[C@H]1CCC(C2)O1.OC1CCCCC1. The van der Waals surface area contributed by atoms with Crippen LogP contribution in [0.1, 0.15) is 86.5 Å². The van der Waals surface area contributed by atoms with Crippen LogP contribution in [0.4, 0.5) is 14.6 Å². The number of fused-ring (bicyclic) bond motifs is 4. The smallest absolute Gasteiger partial charge is 0.152 e. The summed E-state index contributed by atoms with van der Waals surface area (Å²) in [4.78, 5) is 0. The van der Waals surface area contributed by atoms with Crippen LogP contribution in [0, 0.1) is 11.6 Å². The average molecular weight is 430 g/mol. The predicted octanol–water partition coefficient (Wildman–Crippen LogP) is 4.97. The quantitative estimate of drug-likeness (QED) is 0.705. The first kappa shape index (κ1) is 20.8. The Kier molecular flexibility index (Phi) is 5.65. The number of aliphatic hydroxyl groups is 1. The van der Waals surface area contributed by atoms with Crippen molar-refractivity contribution in [1.29, 1.82) is 0 Å². The first-order valence-corrected chi connectivity index (χ1v) is 11.5.